The molecule has 20 heavy (non-hydrogen) atoms. The summed E-state index contributed by atoms with van der Waals surface area (Å²) in [6.45, 7) is 0.573. The summed E-state index contributed by atoms with van der Waals surface area (Å²) in [6.07, 6.45) is 5.71. The molecule has 8 nitrogen and oxygen atoms in total. The van der Waals surface area contributed by atoms with E-state index < -0.39 is 11.0 Å². The molecule has 1 aromatic rings. The van der Waals surface area contributed by atoms with Crippen molar-refractivity contribution in [2.75, 3.05) is 13.2 Å². The third kappa shape index (κ3) is 3.53. The molecule has 1 fully saturated rings. The van der Waals surface area contributed by atoms with Crippen molar-refractivity contribution >= 4 is 5.69 Å². The molecule has 1 heterocycles. The van der Waals surface area contributed by atoms with Crippen molar-refractivity contribution in [3.05, 3.63) is 22.5 Å². The van der Waals surface area contributed by atoms with Gasteiger partial charge in [-0.25, -0.2) is 0 Å². The number of aliphatic hydroxyl groups excluding tert-OH is 2. The van der Waals surface area contributed by atoms with Gasteiger partial charge in [-0.15, -0.1) is 0 Å². The molecule has 0 saturated heterocycles. The molecule has 0 aromatic carbocycles. The Morgan fingerprint density at radius 1 is 1.55 bits per heavy atom. The van der Waals surface area contributed by atoms with Crippen molar-refractivity contribution in [1.29, 1.82) is 0 Å². The maximum atomic E-state index is 10.5. The van der Waals surface area contributed by atoms with E-state index in [2.05, 4.69) is 10.4 Å². The van der Waals surface area contributed by atoms with Gasteiger partial charge in [0.2, 0.25) is 0 Å². The van der Waals surface area contributed by atoms with Crippen LogP contribution in [-0.4, -0.2) is 49.7 Å². The molecule has 1 aromatic heterocycles. The van der Waals surface area contributed by atoms with Gasteiger partial charge >= 0.3 is 5.69 Å². The zero-order valence-electron chi connectivity index (χ0n) is 11.2. The lowest BCUT2D eigenvalue weighted by atomic mass is 9.99. The van der Waals surface area contributed by atoms with Gasteiger partial charge in [0.1, 0.15) is 12.4 Å². The number of hydrogen-bond donors (Lipinski definition) is 3. The summed E-state index contributed by atoms with van der Waals surface area (Å²) in [4.78, 5) is 10.0. The topological polar surface area (TPSA) is 113 Å². The van der Waals surface area contributed by atoms with E-state index in [1.807, 2.05) is 0 Å². The molecule has 0 bridgehead atoms. The van der Waals surface area contributed by atoms with E-state index in [1.54, 1.807) is 0 Å². The van der Waals surface area contributed by atoms with Crippen LogP contribution in [0.25, 0.3) is 0 Å². The molecule has 1 atom stereocenters. The number of aliphatic hydroxyl groups is 2. The van der Waals surface area contributed by atoms with Crippen molar-refractivity contribution in [1.82, 2.24) is 15.1 Å². The standard InChI is InChI=1S/C12H20N4O4/c17-9-12(3-1-2-4-12)13-6-11(18)8-15-7-10(5-14-15)16(19)20/h5,7,11,13,17-18H,1-4,6,8-9H2. The quantitative estimate of drug-likeness (QED) is 0.481. The number of hydrogen-bond acceptors (Lipinski definition) is 6. The van der Waals surface area contributed by atoms with Gasteiger partial charge in [0.15, 0.2) is 0 Å². The van der Waals surface area contributed by atoms with Crippen LogP contribution < -0.4 is 5.32 Å². The molecule has 1 aliphatic rings. The van der Waals surface area contributed by atoms with Gasteiger partial charge < -0.3 is 15.5 Å². The van der Waals surface area contributed by atoms with Gasteiger partial charge in [-0.05, 0) is 12.8 Å². The average Bonchev–Trinajstić information content (AvgIpc) is 3.06. The van der Waals surface area contributed by atoms with Gasteiger partial charge in [-0.2, -0.15) is 5.10 Å². The van der Waals surface area contributed by atoms with Gasteiger partial charge in [-0.1, -0.05) is 12.8 Å². The van der Waals surface area contributed by atoms with E-state index >= 15 is 0 Å². The summed E-state index contributed by atoms with van der Waals surface area (Å²) in [5.41, 5.74) is -0.371. The van der Waals surface area contributed by atoms with Crippen molar-refractivity contribution < 1.29 is 15.1 Å². The highest BCUT2D eigenvalue weighted by atomic mass is 16.6. The Balaban J connectivity index is 1.82. The van der Waals surface area contributed by atoms with Crippen LogP contribution in [0.4, 0.5) is 5.69 Å². The number of rotatable bonds is 7. The smallest absolute Gasteiger partial charge is 0.306 e. The predicted octanol–water partition coefficient (Wildman–Crippen LogP) is 0.0469. The zero-order valence-corrected chi connectivity index (χ0v) is 11.2. The molecular formula is C12H20N4O4. The van der Waals surface area contributed by atoms with Gasteiger partial charge in [-0.3, -0.25) is 14.8 Å². The van der Waals surface area contributed by atoms with E-state index in [-0.39, 0.29) is 24.4 Å². The van der Waals surface area contributed by atoms with E-state index in [1.165, 1.54) is 10.9 Å². The highest BCUT2D eigenvalue weighted by Gasteiger charge is 2.32. The third-order valence-electron chi connectivity index (χ3n) is 3.80. The summed E-state index contributed by atoms with van der Waals surface area (Å²) in [7, 11) is 0. The average molecular weight is 284 g/mol. The van der Waals surface area contributed by atoms with E-state index in [0.29, 0.717) is 6.54 Å². The first kappa shape index (κ1) is 14.9. The molecule has 112 valence electrons. The van der Waals surface area contributed by atoms with Crippen molar-refractivity contribution in [2.24, 2.45) is 0 Å². The zero-order chi connectivity index (χ0) is 14.6. The highest BCUT2D eigenvalue weighted by molar-refractivity contribution is 5.20. The van der Waals surface area contributed by atoms with Crippen LogP contribution in [0.1, 0.15) is 25.7 Å². The minimum atomic E-state index is -0.710. The van der Waals surface area contributed by atoms with Gasteiger partial charge in [0, 0.05) is 12.1 Å². The molecular weight excluding hydrogens is 264 g/mol. The van der Waals surface area contributed by atoms with E-state index in [0.717, 1.165) is 31.9 Å². The maximum Gasteiger partial charge on any atom is 0.306 e. The van der Waals surface area contributed by atoms with Crippen molar-refractivity contribution in [2.45, 2.75) is 43.9 Å². The molecule has 3 N–H and O–H groups in total. The van der Waals surface area contributed by atoms with Gasteiger partial charge in [0.25, 0.3) is 0 Å². The summed E-state index contributed by atoms with van der Waals surface area (Å²) in [5, 5.41) is 37.0. The minimum absolute atomic E-state index is 0.0625. The van der Waals surface area contributed by atoms with Crippen LogP contribution >= 0.6 is 0 Å². The fraction of sp³-hybridized carbons (Fsp3) is 0.750. The first-order chi connectivity index (χ1) is 9.54. The summed E-state index contributed by atoms with van der Waals surface area (Å²) >= 11 is 0. The van der Waals surface area contributed by atoms with Crippen LogP contribution in [0.5, 0.6) is 0 Å². The molecule has 8 heteroatoms. The molecule has 1 unspecified atom stereocenters. The molecule has 2 rings (SSSR count). The molecule has 1 saturated carbocycles. The van der Waals surface area contributed by atoms with Crippen LogP contribution in [0.15, 0.2) is 12.4 Å². The Bertz CT molecular complexity index is 456. The molecule has 0 radical (unpaired) electrons. The first-order valence-corrected chi connectivity index (χ1v) is 6.75. The fourth-order valence-electron chi connectivity index (χ4n) is 2.60. The van der Waals surface area contributed by atoms with Crippen LogP contribution in [0, 0.1) is 10.1 Å². The predicted molar refractivity (Wildman–Crippen MR) is 71.2 cm³/mol. The lowest BCUT2D eigenvalue weighted by Gasteiger charge is -2.29. The number of nitro groups is 1. The Kier molecular flexibility index (Phi) is 4.69. The van der Waals surface area contributed by atoms with E-state index in [4.69, 9.17) is 0 Å². The lowest BCUT2D eigenvalue weighted by Crippen LogP contribution is -2.49. The van der Waals surface area contributed by atoms with Crippen LogP contribution in [-0.2, 0) is 6.54 Å². The van der Waals surface area contributed by atoms with Crippen molar-refractivity contribution in [3.8, 4) is 0 Å². The molecule has 0 spiro atoms. The SMILES string of the molecule is O=[N+]([O-])c1cnn(CC(O)CNC2(CO)CCCC2)c1. The number of nitrogens with one attached hydrogen (secondary N) is 1. The summed E-state index contributed by atoms with van der Waals surface area (Å²) in [6, 6.07) is 0. The Morgan fingerprint density at radius 3 is 2.80 bits per heavy atom. The third-order valence-corrected chi connectivity index (χ3v) is 3.80. The lowest BCUT2D eigenvalue weighted by molar-refractivity contribution is -0.385. The second-order valence-electron chi connectivity index (χ2n) is 5.36. The fourth-order valence-corrected chi connectivity index (χ4v) is 2.60. The monoisotopic (exact) mass is 284 g/mol. The second-order valence-corrected chi connectivity index (χ2v) is 5.36. The number of β-amino-alcohol motifs (C(OH)–C–C–N with tert-alkyl or cyclic N) is 1. The Morgan fingerprint density at radius 2 is 2.25 bits per heavy atom. The van der Waals surface area contributed by atoms with E-state index in [9.17, 15) is 20.3 Å². The van der Waals surface area contributed by atoms with Crippen LogP contribution in [0.2, 0.25) is 0 Å². The molecule has 1 aliphatic carbocycles. The maximum absolute atomic E-state index is 10.5. The highest BCUT2D eigenvalue weighted by Crippen LogP contribution is 2.28. The molecule has 0 aliphatic heterocycles. The second kappa shape index (κ2) is 6.29. The normalized spacial score (nSPS) is 19.1. The van der Waals surface area contributed by atoms with Crippen molar-refractivity contribution in [3.63, 3.8) is 0 Å². The van der Waals surface area contributed by atoms with Gasteiger partial charge in [0.05, 0.1) is 24.2 Å². The number of aromatic nitrogens is 2. The number of nitrogens with zero attached hydrogens (tertiary/aromatic N) is 3. The first-order valence-electron chi connectivity index (χ1n) is 6.75. The minimum Gasteiger partial charge on any atom is -0.394 e. The molecule has 0 amide bonds. The Labute approximate surface area is 116 Å². The van der Waals surface area contributed by atoms with Crippen LogP contribution in [0.3, 0.4) is 0 Å². The Hall–Kier alpha value is -1.51. The summed E-state index contributed by atoms with van der Waals surface area (Å²) < 4.78 is 1.35. The largest absolute Gasteiger partial charge is 0.394 e. The summed E-state index contributed by atoms with van der Waals surface area (Å²) in [5.74, 6) is 0.